The van der Waals surface area contributed by atoms with Gasteiger partial charge in [0.15, 0.2) is 0 Å². The zero-order valence-corrected chi connectivity index (χ0v) is 9.20. The molecule has 0 atom stereocenters. The number of hydrogen-bond donors (Lipinski definition) is 2. The molecule has 2 rings (SSSR count). The minimum Gasteiger partial charge on any atom is -0.478 e. The molecular formula is C10H7FN2O3S. The molecule has 3 N–H and O–H groups in total. The summed E-state index contributed by atoms with van der Waals surface area (Å²) in [6.07, 6.45) is 2.82. The van der Waals surface area contributed by atoms with E-state index in [1.165, 1.54) is 12.5 Å². The maximum absolute atomic E-state index is 13.4. The summed E-state index contributed by atoms with van der Waals surface area (Å²) >= 11 is 1.02. The van der Waals surface area contributed by atoms with Gasteiger partial charge in [-0.2, -0.15) is 0 Å². The number of anilines is 1. The van der Waals surface area contributed by atoms with E-state index >= 15 is 0 Å². The molecule has 0 spiro atoms. The molecule has 0 aliphatic rings. The monoisotopic (exact) mass is 254 g/mol. The molecule has 0 amide bonds. The number of aromatic nitrogens is 1. The van der Waals surface area contributed by atoms with Crippen LogP contribution in [-0.4, -0.2) is 16.1 Å². The Morgan fingerprint density at radius 3 is 2.88 bits per heavy atom. The lowest BCUT2D eigenvalue weighted by molar-refractivity contribution is 0.0692. The Morgan fingerprint density at radius 1 is 1.53 bits per heavy atom. The van der Waals surface area contributed by atoms with E-state index in [-0.39, 0.29) is 5.69 Å². The Balaban J connectivity index is 2.36. The lowest BCUT2D eigenvalue weighted by atomic mass is 10.2. The molecule has 88 valence electrons. The maximum Gasteiger partial charge on any atom is 0.338 e. The number of carboxylic acids is 1. The van der Waals surface area contributed by atoms with Gasteiger partial charge in [-0.15, -0.1) is 0 Å². The average molecular weight is 254 g/mol. The van der Waals surface area contributed by atoms with Crippen LogP contribution in [0.4, 0.5) is 10.1 Å². The summed E-state index contributed by atoms with van der Waals surface area (Å²) in [4.78, 5) is 14.9. The van der Waals surface area contributed by atoms with Gasteiger partial charge >= 0.3 is 5.97 Å². The molecule has 0 saturated heterocycles. The largest absolute Gasteiger partial charge is 0.478 e. The quantitative estimate of drug-likeness (QED) is 0.816. The number of nitrogens with zero attached hydrogens (tertiary/aromatic N) is 1. The number of benzene rings is 1. The number of aromatic carboxylic acids is 1. The van der Waals surface area contributed by atoms with Crippen LogP contribution in [0.2, 0.25) is 0 Å². The molecule has 1 aromatic heterocycles. The van der Waals surface area contributed by atoms with Crippen molar-refractivity contribution in [2.24, 2.45) is 0 Å². The van der Waals surface area contributed by atoms with Crippen LogP contribution in [0.5, 0.6) is 0 Å². The van der Waals surface area contributed by atoms with Crippen molar-refractivity contribution in [3.8, 4) is 0 Å². The third-order valence-electron chi connectivity index (χ3n) is 1.94. The van der Waals surface area contributed by atoms with Crippen LogP contribution in [0.15, 0.2) is 39.1 Å². The van der Waals surface area contributed by atoms with E-state index in [1.54, 1.807) is 0 Å². The number of nitrogen functional groups attached to an aromatic ring is 1. The fraction of sp³-hybridized carbons (Fsp3) is 0. The second-order valence-electron chi connectivity index (χ2n) is 3.08. The Bertz CT molecular complexity index is 557. The number of oxazole rings is 1. The molecule has 0 fully saturated rings. The molecule has 7 heteroatoms. The zero-order chi connectivity index (χ0) is 12.4. The fourth-order valence-corrected chi connectivity index (χ4v) is 1.92. The van der Waals surface area contributed by atoms with Gasteiger partial charge < -0.3 is 15.3 Å². The first-order chi connectivity index (χ1) is 8.08. The van der Waals surface area contributed by atoms with Crippen LogP contribution >= 0.6 is 11.8 Å². The Hall–Kier alpha value is -2.02. The highest BCUT2D eigenvalue weighted by molar-refractivity contribution is 7.99. The summed E-state index contributed by atoms with van der Waals surface area (Å²) in [7, 11) is 0. The van der Waals surface area contributed by atoms with Crippen molar-refractivity contribution in [2.75, 3.05) is 5.73 Å². The van der Waals surface area contributed by atoms with E-state index in [9.17, 15) is 9.18 Å². The number of carboxylic acid groups (broad SMARTS) is 1. The van der Waals surface area contributed by atoms with Gasteiger partial charge in [-0.05, 0) is 23.9 Å². The van der Waals surface area contributed by atoms with E-state index in [2.05, 4.69) is 4.98 Å². The highest BCUT2D eigenvalue weighted by Crippen LogP contribution is 2.32. The number of rotatable bonds is 3. The van der Waals surface area contributed by atoms with Gasteiger partial charge in [0.05, 0.1) is 11.8 Å². The summed E-state index contributed by atoms with van der Waals surface area (Å²) in [5, 5.41) is 9.01. The van der Waals surface area contributed by atoms with Crippen molar-refractivity contribution >= 4 is 23.4 Å². The molecule has 5 nitrogen and oxygen atoms in total. The van der Waals surface area contributed by atoms with Crippen molar-refractivity contribution in [1.82, 2.24) is 4.98 Å². The molecule has 1 heterocycles. The molecule has 0 bridgehead atoms. The summed E-state index contributed by atoms with van der Waals surface area (Å²) in [5.74, 6) is -2.21. The number of carbonyl (C=O) groups is 1. The van der Waals surface area contributed by atoms with E-state index in [4.69, 9.17) is 15.3 Å². The highest BCUT2D eigenvalue weighted by atomic mass is 32.2. The van der Waals surface area contributed by atoms with Crippen molar-refractivity contribution in [2.45, 2.75) is 10.1 Å². The first-order valence-corrected chi connectivity index (χ1v) is 5.29. The molecule has 2 aromatic rings. The van der Waals surface area contributed by atoms with Crippen LogP contribution in [0.25, 0.3) is 0 Å². The third-order valence-corrected chi connectivity index (χ3v) is 2.89. The molecule has 1 aromatic carbocycles. The minimum absolute atomic E-state index is 0.159. The van der Waals surface area contributed by atoms with Gasteiger partial charge in [0.25, 0.3) is 5.22 Å². The minimum atomic E-state index is -1.36. The normalized spacial score (nSPS) is 10.4. The molecular weight excluding hydrogens is 247 g/mol. The summed E-state index contributed by atoms with van der Waals surface area (Å²) in [6.45, 7) is 0. The predicted molar refractivity (Wildman–Crippen MR) is 58.4 cm³/mol. The molecule has 0 unspecified atom stereocenters. The summed E-state index contributed by atoms with van der Waals surface area (Å²) < 4.78 is 18.4. The highest BCUT2D eigenvalue weighted by Gasteiger charge is 2.15. The molecule has 0 radical (unpaired) electrons. The Labute approximate surface area is 99.5 Å². The second-order valence-corrected chi connectivity index (χ2v) is 4.07. The van der Waals surface area contributed by atoms with Gasteiger partial charge in [0.1, 0.15) is 12.1 Å². The SMILES string of the molecule is Nc1cc(C(=O)O)c(F)cc1Sc1ncco1. The number of hydrogen-bond acceptors (Lipinski definition) is 5. The standard InChI is InChI=1S/C10H7FN2O3S/c11-6-4-8(17-10-13-1-2-16-10)7(12)3-5(6)9(14)15/h1-4H,12H2,(H,14,15). The van der Waals surface area contributed by atoms with Crippen molar-refractivity contribution in [3.63, 3.8) is 0 Å². The van der Waals surface area contributed by atoms with Crippen LogP contribution in [0.3, 0.4) is 0 Å². The first kappa shape index (κ1) is 11.5. The van der Waals surface area contributed by atoms with Crippen LogP contribution in [0, 0.1) is 5.82 Å². The summed E-state index contributed by atoms with van der Waals surface area (Å²) in [5.41, 5.74) is 5.32. The van der Waals surface area contributed by atoms with Crippen LogP contribution < -0.4 is 5.73 Å². The van der Waals surface area contributed by atoms with Gasteiger partial charge in [0, 0.05) is 10.6 Å². The number of nitrogens with two attached hydrogens (primary N) is 1. The molecule has 0 saturated carbocycles. The average Bonchev–Trinajstić information content (AvgIpc) is 2.75. The van der Waals surface area contributed by atoms with Gasteiger partial charge in [-0.1, -0.05) is 0 Å². The third kappa shape index (κ3) is 2.39. The van der Waals surface area contributed by atoms with Gasteiger partial charge in [0.2, 0.25) is 0 Å². The summed E-state index contributed by atoms with van der Waals surface area (Å²) in [6, 6.07) is 2.12. The number of halogens is 1. The Kier molecular flexibility index (Phi) is 3.01. The Morgan fingerprint density at radius 2 is 2.29 bits per heavy atom. The second kappa shape index (κ2) is 4.46. The van der Waals surface area contributed by atoms with Crippen molar-refractivity contribution < 1.29 is 18.7 Å². The molecule has 0 aliphatic heterocycles. The van der Waals surface area contributed by atoms with Gasteiger partial charge in [-0.3, -0.25) is 0 Å². The lowest BCUT2D eigenvalue weighted by Crippen LogP contribution is -2.03. The smallest absolute Gasteiger partial charge is 0.338 e. The predicted octanol–water partition coefficient (Wildman–Crippen LogP) is 2.25. The molecule has 0 aliphatic carbocycles. The van der Waals surface area contributed by atoms with E-state index < -0.39 is 17.3 Å². The van der Waals surface area contributed by atoms with Crippen molar-refractivity contribution in [1.29, 1.82) is 0 Å². The van der Waals surface area contributed by atoms with Crippen LogP contribution in [0.1, 0.15) is 10.4 Å². The van der Waals surface area contributed by atoms with Gasteiger partial charge in [-0.25, -0.2) is 14.2 Å². The fourth-order valence-electron chi connectivity index (χ4n) is 1.18. The van der Waals surface area contributed by atoms with E-state index in [0.29, 0.717) is 10.1 Å². The molecule has 17 heavy (non-hydrogen) atoms. The first-order valence-electron chi connectivity index (χ1n) is 4.47. The van der Waals surface area contributed by atoms with E-state index in [0.717, 1.165) is 23.9 Å². The zero-order valence-electron chi connectivity index (χ0n) is 8.38. The van der Waals surface area contributed by atoms with Crippen molar-refractivity contribution in [3.05, 3.63) is 36.0 Å². The lowest BCUT2D eigenvalue weighted by Gasteiger charge is -2.05. The maximum atomic E-state index is 13.4. The van der Waals surface area contributed by atoms with Crippen LogP contribution in [-0.2, 0) is 0 Å². The topological polar surface area (TPSA) is 89.4 Å². The van der Waals surface area contributed by atoms with E-state index in [1.807, 2.05) is 0 Å².